The summed E-state index contributed by atoms with van der Waals surface area (Å²) in [6.45, 7) is 2.83. The van der Waals surface area contributed by atoms with Crippen LogP contribution in [0, 0.1) is 0 Å². The molecule has 3 heterocycles. The summed E-state index contributed by atoms with van der Waals surface area (Å²) >= 11 is 1.62. The SMILES string of the molecule is COCCNCc1cn(Cc2cn3ccsc3n2)nn1. The first-order chi connectivity index (χ1) is 9.85. The lowest BCUT2D eigenvalue weighted by Gasteiger charge is -1.99. The van der Waals surface area contributed by atoms with Crippen LogP contribution in [-0.2, 0) is 17.8 Å². The lowest BCUT2D eigenvalue weighted by atomic mass is 10.4. The van der Waals surface area contributed by atoms with Crippen LogP contribution in [0.2, 0.25) is 0 Å². The maximum absolute atomic E-state index is 4.97. The van der Waals surface area contributed by atoms with E-state index in [4.69, 9.17) is 4.74 Å². The minimum atomic E-state index is 0.638. The molecule has 8 heteroatoms. The van der Waals surface area contributed by atoms with Crippen molar-refractivity contribution in [2.24, 2.45) is 0 Å². The standard InChI is InChI=1S/C12H16N6OS/c1-19-4-2-13-6-10-8-18(16-15-10)9-11-7-17-3-5-20-12(17)14-11/h3,5,7-8,13H,2,4,6,9H2,1H3. The first-order valence-electron chi connectivity index (χ1n) is 6.35. The number of nitrogens with one attached hydrogen (secondary N) is 1. The molecule has 0 spiro atoms. The summed E-state index contributed by atoms with van der Waals surface area (Å²) in [5, 5.41) is 13.5. The highest BCUT2D eigenvalue weighted by Gasteiger charge is 2.05. The number of thiazole rings is 1. The van der Waals surface area contributed by atoms with E-state index < -0.39 is 0 Å². The highest BCUT2D eigenvalue weighted by Crippen LogP contribution is 2.11. The summed E-state index contributed by atoms with van der Waals surface area (Å²) in [6, 6.07) is 0. The fourth-order valence-corrected chi connectivity index (χ4v) is 2.62. The molecule has 0 saturated carbocycles. The van der Waals surface area contributed by atoms with Crippen LogP contribution in [0.1, 0.15) is 11.4 Å². The summed E-state index contributed by atoms with van der Waals surface area (Å²) < 4.78 is 8.80. The van der Waals surface area contributed by atoms with Gasteiger partial charge in [0.1, 0.15) is 0 Å². The van der Waals surface area contributed by atoms with E-state index in [1.165, 1.54) is 0 Å². The number of nitrogens with zero attached hydrogens (tertiary/aromatic N) is 5. The number of methoxy groups -OCH3 is 1. The summed E-state index contributed by atoms with van der Waals surface area (Å²) in [6.07, 6.45) is 5.96. The van der Waals surface area contributed by atoms with E-state index in [0.717, 1.165) is 22.9 Å². The van der Waals surface area contributed by atoms with E-state index in [1.807, 2.05) is 28.4 Å². The fourth-order valence-electron chi connectivity index (χ4n) is 1.91. The molecule has 0 atom stereocenters. The van der Waals surface area contributed by atoms with Crippen molar-refractivity contribution >= 4 is 16.3 Å². The first kappa shape index (κ1) is 13.2. The van der Waals surface area contributed by atoms with E-state index in [1.54, 1.807) is 23.1 Å². The predicted molar refractivity (Wildman–Crippen MR) is 75.8 cm³/mol. The number of fused-ring (bicyclic) bond motifs is 1. The monoisotopic (exact) mass is 292 g/mol. The molecule has 3 aromatic heterocycles. The van der Waals surface area contributed by atoms with E-state index in [-0.39, 0.29) is 0 Å². The van der Waals surface area contributed by atoms with Gasteiger partial charge in [-0.2, -0.15) is 0 Å². The Labute approximate surface area is 120 Å². The third kappa shape index (κ3) is 3.03. The van der Waals surface area contributed by atoms with E-state index >= 15 is 0 Å². The zero-order valence-corrected chi connectivity index (χ0v) is 12.0. The summed E-state index contributed by atoms with van der Waals surface area (Å²) in [5.74, 6) is 0. The second kappa shape index (κ2) is 6.12. The van der Waals surface area contributed by atoms with Crippen molar-refractivity contribution in [3.8, 4) is 0 Å². The van der Waals surface area contributed by atoms with Crippen LogP contribution < -0.4 is 5.32 Å². The summed E-state index contributed by atoms with van der Waals surface area (Å²) in [7, 11) is 1.69. The van der Waals surface area contributed by atoms with Crippen LogP contribution in [0.5, 0.6) is 0 Å². The molecule has 0 unspecified atom stereocenters. The van der Waals surface area contributed by atoms with Crippen molar-refractivity contribution in [1.82, 2.24) is 29.7 Å². The van der Waals surface area contributed by atoms with Crippen molar-refractivity contribution in [2.75, 3.05) is 20.3 Å². The zero-order chi connectivity index (χ0) is 13.8. The van der Waals surface area contributed by atoms with Crippen molar-refractivity contribution in [2.45, 2.75) is 13.1 Å². The summed E-state index contributed by atoms with van der Waals surface area (Å²) in [4.78, 5) is 5.53. The van der Waals surface area contributed by atoms with Gasteiger partial charge < -0.3 is 10.1 Å². The van der Waals surface area contributed by atoms with Gasteiger partial charge in [0.25, 0.3) is 0 Å². The second-order valence-electron chi connectivity index (χ2n) is 4.40. The molecule has 0 amide bonds. The Kier molecular flexibility index (Phi) is 4.05. The summed E-state index contributed by atoms with van der Waals surface area (Å²) in [5.41, 5.74) is 1.91. The smallest absolute Gasteiger partial charge is 0.193 e. The van der Waals surface area contributed by atoms with Gasteiger partial charge in [0.15, 0.2) is 4.96 Å². The molecule has 7 nitrogen and oxygen atoms in total. The lowest BCUT2D eigenvalue weighted by Crippen LogP contribution is -2.18. The van der Waals surface area contributed by atoms with Gasteiger partial charge in [-0.1, -0.05) is 5.21 Å². The van der Waals surface area contributed by atoms with Gasteiger partial charge in [0.2, 0.25) is 0 Å². The Morgan fingerprint density at radius 3 is 3.15 bits per heavy atom. The Bertz CT molecular complexity index is 644. The molecule has 0 bridgehead atoms. The Morgan fingerprint density at radius 1 is 1.35 bits per heavy atom. The van der Waals surface area contributed by atoms with Gasteiger partial charge >= 0.3 is 0 Å². The topological polar surface area (TPSA) is 69.3 Å². The van der Waals surface area contributed by atoms with Crippen molar-refractivity contribution < 1.29 is 4.74 Å². The second-order valence-corrected chi connectivity index (χ2v) is 5.28. The quantitative estimate of drug-likeness (QED) is 0.651. The van der Waals surface area contributed by atoms with Gasteiger partial charge in [-0.25, -0.2) is 9.67 Å². The van der Waals surface area contributed by atoms with Gasteiger partial charge in [-0.15, -0.1) is 16.4 Å². The molecule has 0 aliphatic carbocycles. The molecule has 1 N–H and O–H groups in total. The maximum atomic E-state index is 4.97. The molecular formula is C12H16N6OS. The van der Waals surface area contributed by atoms with Crippen LogP contribution >= 0.6 is 11.3 Å². The average Bonchev–Trinajstić information content (AvgIpc) is 3.11. The Balaban J connectivity index is 1.57. The van der Waals surface area contributed by atoms with Crippen LogP contribution in [0.15, 0.2) is 24.0 Å². The Hall–Kier alpha value is -1.77. The number of hydrogen-bond donors (Lipinski definition) is 1. The maximum Gasteiger partial charge on any atom is 0.193 e. The number of hydrogen-bond acceptors (Lipinski definition) is 6. The molecule has 0 aliphatic rings. The largest absolute Gasteiger partial charge is 0.383 e. The third-order valence-electron chi connectivity index (χ3n) is 2.84. The number of ether oxygens (including phenoxy) is 1. The fraction of sp³-hybridized carbons (Fsp3) is 0.417. The molecule has 0 fully saturated rings. The Morgan fingerprint density at radius 2 is 2.30 bits per heavy atom. The highest BCUT2D eigenvalue weighted by atomic mass is 32.1. The third-order valence-corrected chi connectivity index (χ3v) is 3.61. The van der Waals surface area contributed by atoms with Gasteiger partial charge in [-0.3, -0.25) is 4.40 Å². The molecule has 20 heavy (non-hydrogen) atoms. The molecule has 106 valence electrons. The first-order valence-corrected chi connectivity index (χ1v) is 7.23. The van der Waals surface area contributed by atoms with Crippen molar-refractivity contribution in [1.29, 1.82) is 0 Å². The van der Waals surface area contributed by atoms with Gasteiger partial charge in [-0.05, 0) is 0 Å². The van der Waals surface area contributed by atoms with Crippen molar-refractivity contribution in [3.05, 3.63) is 35.4 Å². The molecule has 0 saturated heterocycles. The normalized spacial score (nSPS) is 11.4. The molecular weight excluding hydrogens is 276 g/mol. The van der Waals surface area contributed by atoms with Crippen LogP contribution in [-0.4, -0.2) is 44.6 Å². The zero-order valence-electron chi connectivity index (χ0n) is 11.2. The van der Waals surface area contributed by atoms with Crippen LogP contribution in [0.4, 0.5) is 0 Å². The van der Waals surface area contributed by atoms with E-state index in [0.29, 0.717) is 19.7 Å². The minimum Gasteiger partial charge on any atom is -0.383 e. The lowest BCUT2D eigenvalue weighted by molar-refractivity contribution is 0.199. The molecule has 0 radical (unpaired) electrons. The van der Waals surface area contributed by atoms with Crippen LogP contribution in [0.25, 0.3) is 4.96 Å². The predicted octanol–water partition coefficient (Wildman–Crippen LogP) is 0.772. The van der Waals surface area contributed by atoms with Crippen molar-refractivity contribution in [3.63, 3.8) is 0 Å². The van der Waals surface area contributed by atoms with E-state index in [9.17, 15) is 0 Å². The van der Waals surface area contributed by atoms with Crippen LogP contribution in [0.3, 0.4) is 0 Å². The van der Waals surface area contributed by atoms with Gasteiger partial charge in [0.05, 0.1) is 30.7 Å². The molecule has 0 aromatic carbocycles. The number of rotatable bonds is 7. The molecule has 3 aromatic rings. The minimum absolute atomic E-state index is 0.638. The van der Waals surface area contributed by atoms with E-state index in [2.05, 4.69) is 20.6 Å². The van der Waals surface area contributed by atoms with Gasteiger partial charge in [0, 0.05) is 38.0 Å². The number of imidazole rings is 1. The average molecular weight is 292 g/mol. The number of aromatic nitrogens is 5. The molecule has 0 aliphatic heterocycles. The highest BCUT2D eigenvalue weighted by molar-refractivity contribution is 7.15. The molecule has 3 rings (SSSR count).